The summed E-state index contributed by atoms with van der Waals surface area (Å²) in [5.74, 6) is 0. The lowest BCUT2D eigenvalue weighted by Gasteiger charge is -2.45. The molecule has 1 spiro atoms. The summed E-state index contributed by atoms with van der Waals surface area (Å²) in [6, 6.07) is 4.12. The van der Waals surface area contributed by atoms with E-state index in [9.17, 15) is 4.79 Å². The van der Waals surface area contributed by atoms with E-state index in [2.05, 4.69) is 18.0 Å². The van der Waals surface area contributed by atoms with Gasteiger partial charge < -0.3 is 9.64 Å². The fraction of sp³-hybridized carbons (Fsp3) is 0.684. The van der Waals surface area contributed by atoms with Gasteiger partial charge in [-0.25, -0.2) is 4.79 Å². The van der Waals surface area contributed by atoms with Gasteiger partial charge in [0.05, 0.1) is 0 Å². The number of rotatable bonds is 2. The van der Waals surface area contributed by atoms with Crippen LogP contribution in [0.15, 0.2) is 24.5 Å². The van der Waals surface area contributed by atoms with Gasteiger partial charge in [0, 0.05) is 25.5 Å². The Kier molecular flexibility index (Phi) is 3.89. The van der Waals surface area contributed by atoms with Crippen molar-refractivity contribution in [2.45, 2.75) is 59.0 Å². The van der Waals surface area contributed by atoms with Gasteiger partial charge in [-0.15, -0.1) is 0 Å². The second kappa shape index (κ2) is 5.50. The number of aromatic nitrogens is 1. The first kappa shape index (κ1) is 16.3. The van der Waals surface area contributed by atoms with E-state index in [1.807, 2.05) is 44.1 Å². The number of piperidine rings is 1. The number of hydrogen-bond donors (Lipinski definition) is 0. The average Bonchev–Trinajstić information content (AvgIpc) is 3.15. The maximum Gasteiger partial charge on any atom is 0.410 e. The highest BCUT2D eigenvalue weighted by atomic mass is 16.6. The fourth-order valence-electron chi connectivity index (χ4n) is 4.02. The van der Waals surface area contributed by atoms with E-state index in [0.29, 0.717) is 5.41 Å². The maximum absolute atomic E-state index is 12.6. The van der Waals surface area contributed by atoms with E-state index in [1.165, 1.54) is 24.8 Å². The zero-order valence-corrected chi connectivity index (χ0v) is 14.8. The summed E-state index contributed by atoms with van der Waals surface area (Å²) < 4.78 is 5.62. The molecule has 23 heavy (non-hydrogen) atoms. The fourth-order valence-corrected chi connectivity index (χ4v) is 4.02. The highest BCUT2D eigenvalue weighted by molar-refractivity contribution is 5.68. The molecule has 126 valence electrons. The number of carbonyl (C=O) groups is 1. The first-order valence-electron chi connectivity index (χ1n) is 8.56. The van der Waals surface area contributed by atoms with Gasteiger partial charge in [-0.2, -0.15) is 0 Å². The zero-order chi connectivity index (χ0) is 16.7. The Morgan fingerprint density at radius 3 is 2.65 bits per heavy atom. The summed E-state index contributed by atoms with van der Waals surface area (Å²) in [6.45, 7) is 9.70. The third-order valence-electron chi connectivity index (χ3n) is 4.86. The average molecular weight is 316 g/mol. The smallest absolute Gasteiger partial charge is 0.410 e. The predicted molar refractivity (Wildman–Crippen MR) is 90.1 cm³/mol. The quantitative estimate of drug-likeness (QED) is 0.826. The van der Waals surface area contributed by atoms with Gasteiger partial charge in [0.2, 0.25) is 0 Å². The second-order valence-corrected chi connectivity index (χ2v) is 8.86. The van der Waals surface area contributed by atoms with Crippen molar-refractivity contribution in [3.63, 3.8) is 0 Å². The Morgan fingerprint density at radius 2 is 2.09 bits per heavy atom. The SMILES string of the molecule is CC1(Cc2cccnc2)CN(C(=O)OC(C)(C)C)CC2(CC2)C1. The molecule has 1 saturated heterocycles. The van der Waals surface area contributed by atoms with Crippen molar-refractivity contribution in [3.05, 3.63) is 30.1 Å². The van der Waals surface area contributed by atoms with Crippen LogP contribution in [0, 0.1) is 10.8 Å². The van der Waals surface area contributed by atoms with E-state index in [-0.39, 0.29) is 11.5 Å². The highest BCUT2D eigenvalue weighted by Crippen LogP contribution is 2.57. The molecule has 1 aliphatic carbocycles. The van der Waals surface area contributed by atoms with Crippen LogP contribution in [0.5, 0.6) is 0 Å². The molecular formula is C19H28N2O2. The molecule has 1 aromatic rings. The monoisotopic (exact) mass is 316 g/mol. The number of amides is 1. The third kappa shape index (κ3) is 4.04. The molecule has 2 heterocycles. The Balaban J connectivity index is 1.75. The molecule has 1 amide bonds. The summed E-state index contributed by atoms with van der Waals surface area (Å²) in [4.78, 5) is 18.7. The molecule has 0 radical (unpaired) electrons. The molecule has 1 unspecified atom stereocenters. The van der Waals surface area contributed by atoms with Gasteiger partial charge in [0.15, 0.2) is 0 Å². The Labute approximate surface area is 139 Å². The molecule has 4 nitrogen and oxygen atoms in total. The number of nitrogens with zero attached hydrogens (tertiary/aromatic N) is 2. The van der Waals surface area contributed by atoms with Crippen LogP contribution >= 0.6 is 0 Å². The van der Waals surface area contributed by atoms with Crippen LogP contribution in [0.3, 0.4) is 0 Å². The van der Waals surface area contributed by atoms with Gasteiger partial charge in [-0.3, -0.25) is 4.98 Å². The number of likely N-dealkylation sites (tertiary alicyclic amines) is 1. The molecule has 1 saturated carbocycles. The van der Waals surface area contributed by atoms with E-state index in [1.54, 1.807) is 0 Å². The van der Waals surface area contributed by atoms with Crippen molar-refractivity contribution in [2.75, 3.05) is 13.1 Å². The molecule has 0 bridgehead atoms. The van der Waals surface area contributed by atoms with Crippen LogP contribution in [-0.2, 0) is 11.2 Å². The van der Waals surface area contributed by atoms with Gasteiger partial charge in [-0.05, 0) is 68.9 Å². The van der Waals surface area contributed by atoms with Crippen LogP contribution in [0.2, 0.25) is 0 Å². The van der Waals surface area contributed by atoms with Gasteiger partial charge in [0.1, 0.15) is 5.60 Å². The number of pyridine rings is 1. The molecule has 0 N–H and O–H groups in total. The lowest BCUT2D eigenvalue weighted by Crippen LogP contribution is -2.51. The standard InChI is InChI=1S/C19H28N2O2/c1-17(2,3)23-16(22)21-13-18(4,12-19(14-21)7-8-19)10-15-6-5-9-20-11-15/h5-6,9,11H,7-8,10,12-14H2,1-4H3. The summed E-state index contributed by atoms with van der Waals surface area (Å²) >= 11 is 0. The minimum Gasteiger partial charge on any atom is -0.444 e. The van der Waals surface area contributed by atoms with E-state index < -0.39 is 5.60 Å². The molecule has 3 rings (SSSR count). The summed E-state index contributed by atoms with van der Waals surface area (Å²) in [5.41, 5.74) is 1.23. The summed E-state index contributed by atoms with van der Waals surface area (Å²) in [7, 11) is 0. The maximum atomic E-state index is 12.6. The lowest BCUT2D eigenvalue weighted by atomic mass is 9.72. The van der Waals surface area contributed by atoms with Gasteiger partial charge in [0.25, 0.3) is 0 Å². The number of ether oxygens (including phenoxy) is 1. The Bertz CT molecular complexity index is 575. The molecule has 0 aromatic carbocycles. The molecule has 2 aliphatic rings. The van der Waals surface area contributed by atoms with Crippen molar-refractivity contribution in [3.8, 4) is 0 Å². The van der Waals surface area contributed by atoms with E-state index in [4.69, 9.17) is 4.74 Å². The predicted octanol–water partition coefficient (Wildman–Crippen LogP) is 4.05. The van der Waals surface area contributed by atoms with Crippen LogP contribution in [0.1, 0.15) is 52.5 Å². The van der Waals surface area contributed by atoms with Crippen LogP contribution in [-0.4, -0.2) is 34.7 Å². The van der Waals surface area contributed by atoms with Crippen molar-refractivity contribution in [2.24, 2.45) is 10.8 Å². The van der Waals surface area contributed by atoms with Crippen LogP contribution in [0.25, 0.3) is 0 Å². The number of hydrogen-bond acceptors (Lipinski definition) is 3. The molecule has 1 aliphatic heterocycles. The topological polar surface area (TPSA) is 42.4 Å². The lowest BCUT2D eigenvalue weighted by molar-refractivity contribution is -0.00830. The van der Waals surface area contributed by atoms with E-state index >= 15 is 0 Å². The van der Waals surface area contributed by atoms with Crippen molar-refractivity contribution >= 4 is 6.09 Å². The van der Waals surface area contributed by atoms with Crippen LogP contribution in [0.4, 0.5) is 4.79 Å². The third-order valence-corrected chi connectivity index (χ3v) is 4.86. The molecule has 4 heteroatoms. The van der Waals surface area contributed by atoms with Gasteiger partial charge in [-0.1, -0.05) is 13.0 Å². The minimum absolute atomic E-state index is 0.0920. The van der Waals surface area contributed by atoms with Gasteiger partial charge >= 0.3 is 6.09 Å². The van der Waals surface area contributed by atoms with Crippen molar-refractivity contribution in [1.29, 1.82) is 0 Å². The second-order valence-electron chi connectivity index (χ2n) is 8.86. The highest BCUT2D eigenvalue weighted by Gasteiger charge is 2.53. The molecule has 1 atom stereocenters. The van der Waals surface area contributed by atoms with Crippen LogP contribution < -0.4 is 0 Å². The van der Waals surface area contributed by atoms with Crippen molar-refractivity contribution < 1.29 is 9.53 Å². The Hall–Kier alpha value is -1.58. The summed E-state index contributed by atoms with van der Waals surface area (Å²) in [5, 5.41) is 0. The first-order valence-corrected chi connectivity index (χ1v) is 8.56. The summed E-state index contributed by atoms with van der Waals surface area (Å²) in [6.07, 6.45) is 8.19. The molecule has 2 fully saturated rings. The minimum atomic E-state index is -0.439. The van der Waals surface area contributed by atoms with E-state index in [0.717, 1.165) is 19.5 Å². The first-order chi connectivity index (χ1) is 10.7. The normalized spacial score (nSPS) is 26.2. The number of carbonyl (C=O) groups excluding carboxylic acids is 1. The zero-order valence-electron chi connectivity index (χ0n) is 14.8. The molecular weight excluding hydrogens is 288 g/mol. The molecule has 1 aromatic heterocycles. The van der Waals surface area contributed by atoms with Crippen molar-refractivity contribution in [1.82, 2.24) is 9.88 Å². The largest absolute Gasteiger partial charge is 0.444 e. The Morgan fingerprint density at radius 1 is 1.35 bits per heavy atom.